The molecule has 1 unspecified atom stereocenters. The van der Waals surface area contributed by atoms with Gasteiger partial charge in [0.2, 0.25) is 0 Å². The van der Waals surface area contributed by atoms with Gasteiger partial charge in [-0.2, -0.15) is 5.26 Å². The van der Waals surface area contributed by atoms with E-state index in [1.54, 1.807) is 0 Å². The molecule has 0 aromatic heterocycles. The SMILES string of the molecule is CC(N)c1ccc(N(CCC#N)c2ccccc2)cc1Br. The molecule has 0 radical (unpaired) electrons. The van der Waals surface area contributed by atoms with Gasteiger partial charge in [-0.05, 0) is 36.8 Å². The lowest BCUT2D eigenvalue weighted by molar-refractivity contribution is 0.812. The molecule has 0 spiro atoms. The summed E-state index contributed by atoms with van der Waals surface area (Å²) in [5.41, 5.74) is 9.15. The summed E-state index contributed by atoms with van der Waals surface area (Å²) in [4.78, 5) is 2.14. The van der Waals surface area contributed by atoms with Crippen LogP contribution in [-0.2, 0) is 0 Å². The van der Waals surface area contributed by atoms with Crippen molar-refractivity contribution in [2.45, 2.75) is 19.4 Å². The minimum absolute atomic E-state index is 0.0160. The first-order valence-electron chi connectivity index (χ1n) is 6.88. The summed E-state index contributed by atoms with van der Waals surface area (Å²) >= 11 is 3.59. The molecular weight excluding hydrogens is 326 g/mol. The maximum Gasteiger partial charge on any atom is 0.0640 e. The number of para-hydroxylation sites is 1. The lowest BCUT2D eigenvalue weighted by Gasteiger charge is -2.25. The van der Waals surface area contributed by atoms with Crippen LogP contribution in [0.4, 0.5) is 11.4 Å². The summed E-state index contributed by atoms with van der Waals surface area (Å²) in [6, 6.07) is 18.4. The van der Waals surface area contributed by atoms with Crippen LogP contribution in [-0.4, -0.2) is 6.54 Å². The van der Waals surface area contributed by atoms with Gasteiger partial charge in [0.25, 0.3) is 0 Å². The number of hydrogen-bond donors (Lipinski definition) is 1. The van der Waals surface area contributed by atoms with Gasteiger partial charge >= 0.3 is 0 Å². The van der Waals surface area contributed by atoms with E-state index in [1.807, 2.05) is 49.4 Å². The van der Waals surface area contributed by atoms with Crippen LogP contribution in [0.15, 0.2) is 53.0 Å². The molecule has 108 valence electrons. The maximum atomic E-state index is 8.88. The van der Waals surface area contributed by atoms with Crippen molar-refractivity contribution in [2.75, 3.05) is 11.4 Å². The monoisotopic (exact) mass is 343 g/mol. The highest BCUT2D eigenvalue weighted by Gasteiger charge is 2.12. The summed E-state index contributed by atoms with van der Waals surface area (Å²) in [5, 5.41) is 8.88. The minimum atomic E-state index is -0.0160. The fourth-order valence-electron chi connectivity index (χ4n) is 2.23. The zero-order valence-corrected chi connectivity index (χ0v) is 13.5. The van der Waals surface area contributed by atoms with E-state index in [9.17, 15) is 0 Å². The van der Waals surface area contributed by atoms with Crippen molar-refractivity contribution in [3.63, 3.8) is 0 Å². The molecule has 4 heteroatoms. The van der Waals surface area contributed by atoms with Gasteiger partial charge in [0.15, 0.2) is 0 Å². The molecule has 0 amide bonds. The number of nitriles is 1. The van der Waals surface area contributed by atoms with E-state index in [2.05, 4.69) is 33.0 Å². The Morgan fingerprint density at radius 1 is 1.19 bits per heavy atom. The first-order chi connectivity index (χ1) is 10.1. The van der Waals surface area contributed by atoms with Gasteiger partial charge in [-0.3, -0.25) is 0 Å². The minimum Gasteiger partial charge on any atom is -0.340 e. The molecule has 2 aromatic rings. The van der Waals surface area contributed by atoms with Crippen LogP contribution >= 0.6 is 15.9 Å². The molecular formula is C17H18BrN3. The van der Waals surface area contributed by atoms with E-state index in [1.165, 1.54) is 0 Å². The van der Waals surface area contributed by atoms with Crippen molar-refractivity contribution in [3.8, 4) is 6.07 Å². The summed E-state index contributed by atoms with van der Waals surface area (Å²) in [6.07, 6.45) is 0.474. The molecule has 0 aliphatic carbocycles. The van der Waals surface area contributed by atoms with E-state index in [0.717, 1.165) is 21.4 Å². The highest BCUT2D eigenvalue weighted by Crippen LogP contribution is 2.31. The Bertz CT molecular complexity index is 632. The summed E-state index contributed by atoms with van der Waals surface area (Å²) < 4.78 is 0.993. The number of rotatable bonds is 5. The summed E-state index contributed by atoms with van der Waals surface area (Å²) in [5.74, 6) is 0. The second kappa shape index (κ2) is 7.26. The topological polar surface area (TPSA) is 53.0 Å². The molecule has 0 aliphatic heterocycles. The van der Waals surface area contributed by atoms with Crippen molar-refractivity contribution in [2.24, 2.45) is 5.73 Å². The lowest BCUT2D eigenvalue weighted by atomic mass is 10.1. The normalized spacial score (nSPS) is 11.7. The molecule has 0 saturated carbocycles. The van der Waals surface area contributed by atoms with Crippen molar-refractivity contribution >= 4 is 27.3 Å². The van der Waals surface area contributed by atoms with Crippen molar-refractivity contribution in [1.29, 1.82) is 5.26 Å². The van der Waals surface area contributed by atoms with Gasteiger partial charge in [-0.15, -0.1) is 0 Å². The van der Waals surface area contributed by atoms with Crippen LogP contribution in [0.1, 0.15) is 24.9 Å². The number of nitrogens with zero attached hydrogens (tertiary/aromatic N) is 2. The molecule has 0 aliphatic rings. The Morgan fingerprint density at radius 2 is 1.90 bits per heavy atom. The molecule has 2 rings (SSSR count). The third-order valence-electron chi connectivity index (χ3n) is 3.30. The molecule has 0 saturated heterocycles. The number of anilines is 2. The van der Waals surface area contributed by atoms with E-state index in [4.69, 9.17) is 11.0 Å². The first kappa shape index (κ1) is 15.6. The standard InChI is InChI=1S/C17H18BrN3/c1-13(20)16-9-8-15(12-17(16)18)21(11-5-10-19)14-6-3-2-4-7-14/h2-4,6-9,12-13H,5,11,20H2,1H3. The predicted octanol–water partition coefficient (Wildman–Crippen LogP) is 4.52. The van der Waals surface area contributed by atoms with E-state index < -0.39 is 0 Å². The van der Waals surface area contributed by atoms with Gasteiger partial charge in [-0.1, -0.05) is 40.2 Å². The van der Waals surface area contributed by atoms with Crippen LogP contribution in [0, 0.1) is 11.3 Å². The number of benzene rings is 2. The average Bonchev–Trinajstić information content (AvgIpc) is 2.48. The third-order valence-corrected chi connectivity index (χ3v) is 3.99. The van der Waals surface area contributed by atoms with Crippen LogP contribution in [0.5, 0.6) is 0 Å². The van der Waals surface area contributed by atoms with Crippen LogP contribution in [0.2, 0.25) is 0 Å². The molecule has 2 N–H and O–H groups in total. The molecule has 0 bridgehead atoms. The highest BCUT2D eigenvalue weighted by atomic mass is 79.9. The average molecular weight is 344 g/mol. The van der Waals surface area contributed by atoms with Crippen LogP contribution in [0.25, 0.3) is 0 Å². The molecule has 3 nitrogen and oxygen atoms in total. The Hall–Kier alpha value is -1.83. The third kappa shape index (κ3) is 3.84. The number of nitrogens with two attached hydrogens (primary N) is 1. The zero-order chi connectivity index (χ0) is 15.2. The Kier molecular flexibility index (Phi) is 5.38. The van der Waals surface area contributed by atoms with E-state index in [-0.39, 0.29) is 6.04 Å². The zero-order valence-electron chi connectivity index (χ0n) is 12.0. The second-order valence-electron chi connectivity index (χ2n) is 4.89. The Morgan fingerprint density at radius 3 is 2.48 bits per heavy atom. The Balaban J connectivity index is 2.38. The van der Waals surface area contributed by atoms with Crippen LogP contribution in [0.3, 0.4) is 0 Å². The quantitative estimate of drug-likeness (QED) is 0.868. The summed E-state index contributed by atoms with van der Waals surface area (Å²) in [7, 11) is 0. The molecule has 0 heterocycles. The molecule has 1 atom stereocenters. The molecule has 0 fully saturated rings. The summed E-state index contributed by atoms with van der Waals surface area (Å²) in [6.45, 7) is 2.62. The van der Waals surface area contributed by atoms with Crippen LogP contribution < -0.4 is 10.6 Å². The highest BCUT2D eigenvalue weighted by molar-refractivity contribution is 9.10. The van der Waals surface area contributed by atoms with Crippen molar-refractivity contribution < 1.29 is 0 Å². The van der Waals surface area contributed by atoms with E-state index in [0.29, 0.717) is 13.0 Å². The fourth-order valence-corrected chi connectivity index (χ4v) is 2.96. The van der Waals surface area contributed by atoms with Crippen molar-refractivity contribution in [1.82, 2.24) is 0 Å². The molecule has 21 heavy (non-hydrogen) atoms. The fraction of sp³-hybridized carbons (Fsp3) is 0.235. The maximum absolute atomic E-state index is 8.88. The molecule has 2 aromatic carbocycles. The smallest absolute Gasteiger partial charge is 0.0640 e. The number of hydrogen-bond acceptors (Lipinski definition) is 3. The largest absolute Gasteiger partial charge is 0.340 e. The lowest BCUT2D eigenvalue weighted by Crippen LogP contribution is -2.18. The van der Waals surface area contributed by atoms with Gasteiger partial charge in [0, 0.05) is 28.4 Å². The first-order valence-corrected chi connectivity index (χ1v) is 7.67. The number of halogens is 1. The Labute approximate surface area is 134 Å². The van der Waals surface area contributed by atoms with Gasteiger partial charge in [0.05, 0.1) is 12.5 Å². The van der Waals surface area contributed by atoms with E-state index >= 15 is 0 Å². The van der Waals surface area contributed by atoms with Crippen molar-refractivity contribution in [3.05, 3.63) is 58.6 Å². The second-order valence-corrected chi connectivity index (χ2v) is 5.74. The van der Waals surface area contributed by atoms with Gasteiger partial charge in [0.1, 0.15) is 0 Å². The predicted molar refractivity (Wildman–Crippen MR) is 90.4 cm³/mol. The van der Waals surface area contributed by atoms with Gasteiger partial charge in [-0.25, -0.2) is 0 Å². The van der Waals surface area contributed by atoms with Gasteiger partial charge < -0.3 is 10.6 Å².